The van der Waals surface area contributed by atoms with Crippen LogP contribution in [0.15, 0.2) is 132 Å². The summed E-state index contributed by atoms with van der Waals surface area (Å²) in [5.41, 5.74) is 5.05. The number of hydrogen-bond donors (Lipinski definition) is 0. The molecule has 0 aliphatic carbocycles. The molecule has 2 aromatic heterocycles. The van der Waals surface area contributed by atoms with Crippen molar-refractivity contribution in [3.05, 3.63) is 127 Å². The van der Waals surface area contributed by atoms with Crippen LogP contribution < -0.4 is 4.90 Å². The molecular weight excluding hydrogens is 470 g/mol. The van der Waals surface area contributed by atoms with Gasteiger partial charge in [0.2, 0.25) is 0 Å². The Morgan fingerprint density at radius 1 is 0.514 bits per heavy atom. The van der Waals surface area contributed by atoms with E-state index in [0.29, 0.717) is 0 Å². The first kappa shape index (κ1) is 20.6. The Balaban J connectivity index is 1.49. The molecule has 0 spiro atoms. The Morgan fingerprint density at radius 2 is 1.22 bits per heavy atom. The van der Waals surface area contributed by atoms with Gasteiger partial charge in [-0.1, -0.05) is 78.9 Å². The number of benzene rings is 6. The van der Waals surface area contributed by atoms with Crippen LogP contribution in [0.4, 0.5) is 17.1 Å². The Labute approximate surface area is 217 Å². The van der Waals surface area contributed by atoms with Gasteiger partial charge in [-0.05, 0) is 59.3 Å². The van der Waals surface area contributed by atoms with Crippen molar-refractivity contribution in [1.82, 2.24) is 0 Å². The maximum Gasteiger partial charge on any atom is 0.160 e. The summed E-state index contributed by atoms with van der Waals surface area (Å²) in [6.07, 6.45) is 0. The molecule has 0 saturated heterocycles. The highest BCUT2D eigenvalue weighted by atomic mass is 32.1. The second-order valence-electron chi connectivity index (χ2n) is 9.37. The van der Waals surface area contributed by atoms with Gasteiger partial charge in [0.15, 0.2) is 5.58 Å². The predicted molar refractivity (Wildman–Crippen MR) is 159 cm³/mol. The zero-order chi connectivity index (χ0) is 24.3. The van der Waals surface area contributed by atoms with Crippen LogP contribution in [-0.2, 0) is 0 Å². The van der Waals surface area contributed by atoms with E-state index in [9.17, 15) is 0 Å². The maximum absolute atomic E-state index is 6.62. The van der Waals surface area contributed by atoms with E-state index in [0.717, 1.165) is 39.0 Å². The van der Waals surface area contributed by atoms with Crippen LogP contribution in [0.1, 0.15) is 0 Å². The van der Waals surface area contributed by atoms with Crippen LogP contribution in [0.5, 0.6) is 0 Å². The fourth-order valence-electron chi connectivity index (χ4n) is 5.58. The lowest BCUT2D eigenvalue weighted by Crippen LogP contribution is -2.10. The predicted octanol–water partition coefficient (Wildman–Crippen LogP) is 10.6. The number of nitrogens with zero attached hydrogens (tertiary/aromatic N) is 1. The molecule has 8 aromatic rings. The van der Waals surface area contributed by atoms with Crippen molar-refractivity contribution < 1.29 is 4.42 Å². The molecule has 0 aliphatic heterocycles. The van der Waals surface area contributed by atoms with Crippen LogP contribution in [0.3, 0.4) is 0 Å². The Kier molecular flexibility index (Phi) is 4.42. The first-order chi connectivity index (χ1) is 18.3. The standard InChI is InChI=1S/C34H21NOS/c1-2-11-23(12-3-1)35(24-18-19-32-28(21-24)26-14-7-9-17-31(26)37-32)29-20-22-10-4-5-13-25(22)33-27-15-6-8-16-30(27)36-34(29)33/h1-21H. The largest absolute Gasteiger partial charge is 0.454 e. The van der Waals surface area contributed by atoms with Crippen molar-refractivity contribution in [3.8, 4) is 0 Å². The van der Waals surface area contributed by atoms with Crippen LogP contribution in [0.2, 0.25) is 0 Å². The van der Waals surface area contributed by atoms with E-state index in [1.807, 2.05) is 17.4 Å². The van der Waals surface area contributed by atoms with Gasteiger partial charge in [0, 0.05) is 42.3 Å². The molecule has 6 aromatic carbocycles. The average Bonchev–Trinajstić information content (AvgIpc) is 3.53. The monoisotopic (exact) mass is 491 g/mol. The Hall–Kier alpha value is -4.60. The Morgan fingerprint density at radius 3 is 2.11 bits per heavy atom. The van der Waals surface area contributed by atoms with Crippen molar-refractivity contribution in [1.29, 1.82) is 0 Å². The summed E-state index contributed by atoms with van der Waals surface area (Å²) in [4.78, 5) is 2.34. The summed E-state index contributed by atoms with van der Waals surface area (Å²) < 4.78 is 9.23. The van der Waals surface area contributed by atoms with Crippen molar-refractivity contribution in [3.63, 3.8) is 0 Å². The first-order valence-electron chi connectivity index (χ1n) is 12.4. The summed E-state index contributed by atoms with van der Waals surface area (Å²) >= 11 is 1.84. The van der Waals surface area contributed by atoms with Gasteiger partial charge in [-0.25, -0.2) is 0 Å². The number of rotatable bonds is 3. The van der Waals surface area contributed by atoms with Crippen molar-refractivity contribution in [2.75, 3.05) is 4.90 Å². The molecule has 2 heterocycles. The molecule has 37 heavy (non-hydrogen) atoms. The van der Waals surface area contributed by atoms with Crippen molar-refractivity contribution in [2.24, 2.45) is 0 Å². The van der Waals surface area contributed by atoms with E-state index in [-0.39, 0.29) is 0 Å². The minimum absolute atomic E-state index is 0.902. The molecule has 0 fully saturated rings. The summed E-state index contributed by atoms with van der Waals surface area (Å²) in [5.74, 6) is 0. The van der Waals surface area contributed by atoms with Gasteiger partial charge < -0.3 is 9.32 Å². The number of furan rings is 1. The highest BCUT2D eigenvalue weighted by molar-refractivity contribution is 7.25. The van der Waals surface area contributed by atoms with Crippen molar-refractivity contribution in [2.45, 2.75) is 0 Å². The summed E-state index contributed by atoms with van der Waals surface area (Å²) in [7, 11) is 0. The van der Waals surface area contributed by atoms with E-state index >= 15 is 0 Å². The molecule has 0 N–H and O–H groups in total. The van der Waals surface area contributed by atoms with Gasteiger partial charge in [-0.15, -0.1) is 11.3 Å². The number of thiophene rings is 1. The molecule has 174 valence electrons. The smallest absolute Gasteiger partial charge is 0.160 e. The van der Waals surface area contributed by atoms with E-state index in [1.54, 1.807) is 0 Å². The fraction of sp³-hybridized carbons (Fsp3) is 0. The molecule has 3 heteroatoms. The zero-order valence-electron chi connectivity index (χ0n) is 19.9. The number of fused-ring (bicyclic) bond motifs is 8. The quantitative estimate of drug-likeness (QED) is 0.244. The van der Waals surface area contributed by atoms with Gasteiger partial charge in [-0.3, -0.25) is 0 Å². The lowest BCUT2D eigenvalue weighted by atomic mass is 10.0. The molecule has 2 nitrogen and oxygen atoms in total. The SMILES string of the molecule is c1ccc(N(c2ccc3sc4ccccc4c3c2)c2cc3ccccc3c3c2oc2ccccc23)cc1. The summed E-state index contributed by atoms with van der Waals surface area (Å²) in [6.45, 7) is 0. The van der Waals surface area contributed by atoms with Gasteiger partial charge in [0.25, 0.3) is 0 Å². The minimum Gasteiger partial charge on any atom is -0.454 e. The highest BCUT2D eigenvalue weighted by Gasteiger charge is 2.22. The molecule has 0 bridgehead atoms. The van der Waals surface area contributed by atoms with E-state index < -0.39 is 0 Å². The van der Waals surface area contributed by atoms with Gasteiger partial charge in [0.1, 0.15) is 5.58 Å². The van der Waals surface area contributed by atoms with Crippen LogP contribution in [0, 0.1) is 0 Å². The molecule has 0 atom stereocenters. The molecular formula is C34H21NOS. The summed E-state index contributed by atoms with van der Waals surface area (Å²) in [5, 5.41) is 7.28. The highest BCUT2D eigenvalue weighted by Crippen LogP contribution is 2.46. The van der Waals surface area contributed by atoms with Gasteiger partial charge >= 0.3 is 0 Å². The molecule has 0 aliphatic rings. The van der Waals surface area contributed by atoms with E-state index in [2.05, 4.69) is 126 Å². The second-order valence-corrected chi connectivity index (χ2v) is 10.5. The first-order valence-corrected chi connectivity index (χ1v) is 13.3. The number of hydrogen-bond acceptors (Lipinski definition) is 3. The lowest BCUT2D eigenvalue weighted by Gasteiger charge is -2.26. The molecule has 0 amide bonds. The maximum atomic E-state index is 6.62. The van der Waals surface area contributed by atoms with Crippen LogP contribution >= 0.6 is 11.3 Å². The third kappa shape index (κ3) is 3.11. The van der Waals surface area contributed by atoms with Gasteiger partial charge in [-0.2, -0.15) is 0 Å². The normalized spacial score (nSPS) is 11.8. The fourth-order valence-corrected chi connectivity index (χ4v) is 6.67. The van der Waals surface area contributed by atoms with E-state index in [1.165, 1.54) is 30.9 Å². The number of anilines is 3. The Bertz CT molecular complexity index is 2100. The minimum atomic E-state index is 0.902. The molecule has 0 radical (unpaired) electrons. The molecule has 0 saturated carbocycles. The van der Waals surface area contributed by atoms with Gasteiger partial charge in [0.05, 0.1) is 5.69 Å². The average molecular weight is 492 g/mol. The second kappa shape index (κ2) is 7.95. The van der Waals surface area contributed by atoms with Crippen LogP contribution in [0.25, 0.3) is 52.9 Å². The third-order valence-corrected chi connectivity index (χ3v) is 8.38. The van der Waals surface area contributed by atoms with E-state index in [4.69, 9.17) is 4.42 Å². The van der Waals surface area contributed by atoms with Crippen molar-refractivity contribution >= 4 is 81.3 Å². The third-order valence-electron chi connectivity index (χ3n) is 7.22. The molecule has 8 rings (SSSR count). The zero-order valence-corrected chi connectivity index (χ0v) is 20.7. The topological polar surface area (TPSA) is 16.4 Å². The number of para-hydroxylation sites is 2. The lowest BCUT2D eigenvalue weighted by molar-refractivity contribution is 0.669. The summed E-state index contributed by atoms with van der Waals surface area (Å²) in [6, 6.07) is 45.3. The molecule has 0 unspecified atom stereocenters. The van der Waals surface area contributed by atoms with Crippen LogP contribution in [-0.4, -0.2) is 0 Å².